The number of rotatable bonds is 11. The predicted octanol–water partition coefficient (Wildman–Crippen LogP) is 6.10. The molecule has 50 heavy (non-hydrogen) atoms. The lowest BCUT2D eigenvalue weighted by Crippen LogP contribution is -2.37. The zero-order valence-electron chi connectivity index (χ0n) is 28.3. The molecule has 0 bridgehead atoms. The third-order valence-electron chi connectivity index (χ3n) is 8.86. The third kappa shape index (κ3) is 8.44. The summed E-state index contributed by atoms with van der Waals surface area (Å²) in [6.45, 7) is 1.91. The zero-order valence-corrected chi connectivity index (χ0v) is 29.1. The van der Waals surface area contributed by atoms with Gasteiger partial charge in [-0.2, -0.15) is 0 Å². The van der Waals surface area contributed by atoms with E-state index in [4.69, 9.17) is 20.6 Å². The minimum atomic E-state index is -4.19. The smallest absolute Gasteiger partial charge is 0.264 e. The van der Waals surface area contributed by atoms with E-state index >= 15 is 0 Å². The Kier molecular flexibility index (Phi) is 11.5. The van der Waals surface area contributed by atoms with E-state index in [1.807, 2.05) is 36.4 Å². The van der Waals surface area contributed by atoms with Crippen molar-refractivity contribution in [2.45, 2.75) is 49.6 Å². The number of aliphatic imine (C=N–C) groups is 1. The number of nitrogen functional groups attached to an aromatic ring is 1. The van der Waals surface area contributed by atoms with E-state index in [1.165, 1.54) is 24.3 Å². The number of carbonyl (C=O) groups is 1. The van der Waals surface area contributed by atoms with Gasteiger partial charge in [-0.15, -0.1) is 0 Å². The molecule has 6 rings (SSSR count). The van der Waals surface area contributed by atoms with Crippen molar-refractivity contribution >= 4 is 44.1 Å². The number of furan rings is 1. The summed E-state index contributed by atoms with van der Waals surface area (Å²) in [6.07, 6.45) is 3.06. The first-order valence-corrected chi connectivity index (χ1v) is 17.8. The fourth-order valence-electron chi connectivity index (χ4n) is 5.92. The number of carbonyl (C=O) groups excluding carboxylic acids is 1. The fraction of sp³-hybridized carbons (Fsp3) is 0.263. The molecule has 0 radical (unpaired) electrons. The molecule has 12 heteroatoms. The molecule has 1 atom stereocenters. The molecule has 7 N–H and O–H groups in total. The number of nitrogens with two attached hydrogens (primary N) is 2. The lowest BCUT2D eigenvalue weighted by molar-refractivity contribution is -0.120. The highest BCUT2D eigenvalue weighted by molar-refractivity contribution is 7.90. The highest BCUT2D eigenvalue weighted by atomic mass is 32.2. The number of fused-ring (bicyclic) bond motifs is 1. The van der Waals surface area contributed by atoms with Gasteiger partial charge in [-0.05, 0) is 115 Å². The van der Waals surface area contributed by atoms with Crippen molar-refractivity contribution in [1.29, 1.82) is 0 Å². The van der Waals surface area contributed by atoms with Gasteiger partial charge in [0.2, 0.25) is 0 Å². The number of hydrogen-bond donors (Lipinski definition) is 5. The van der Waals surface area contributed by atoms with Crippen LogP contribution in [0.5, 0.6) is 5.75 Å². The number of para-hydroxylation sites is 1. The van der Waals surface area contributed by atoms with Gasteiger partial charge in [0.1, 0.15) is 35.6 Å². The normalized spacial score (nSPS) is 16.4. The Bertz CT molecular complexity index is 2040. The highest BCUT2D eigenvalue weighted by Gasteiger charge is 2.33. The average molecular weight is 698 g/mol. The Hall–Kier alpha value is -5.33. The predicted molar refractivity (Wildman–Crippen MR) is 197 cm³/mol. The van der Waals surface area contributed by atoms with Gasteiger partial charge in [0.15, 0.2) is 0 Å². The van der Waals surface area contributed by atoms with Gasteiger partial charge in [0.25, 0.3) is 15.9 Å². The van der Waals surface area contributed by atoms with Gasteiger partial charge in [-0.25, -0.2) is 13.1 Å². The molecule has 1 aliphatic carbocycles. The molecule has 1 amide bonds. The summed E-state index contributed by atoms with van der Waals surface area (Å²) < 4.78 is 39.5. The number of ether oxygens (including phenoxy) is 1. The summed E-state index contributed by atoms with van der Waals surface area (Å²) in [7, 11) is -0.936. The second-order valence-electron chi connectivity index (χ2n) is 12.2. The summed E-state index contributed by atoms with van der Waals surface area (Å²) in [5, 5.41) is 13.7. The van der Waals surface area contributed by atoms with Gasteiger partial charge in [-0.3, -0.25) is 9.79 Å². The summed E-state index contributed by atoms with van der Waals surface area (Å²) in [5.74, 6) is 1.77. The minimum Gasteiger partial charge on any atom is -0.497 e. The van der Waals surface area contributed by atoms with Crippen LogP contribution in [0.4, 0.5) is 11.4 Å². The Balaban J connectivity index is 0.000000535. The summed E-state index contributed by atoms with van der Waals surface area (Å²) in [6, 6.07) is 26.7. The monoisotopic (exact) mass is 697 g/mol. The second kappa shape index (κ2) is 15.9. The molecule has 5 aromatic rings. The van der Waals surface area contributed by atoms with Crippen molar-refractivity contribution in [1.82, 2.24) is 4.72 Å². The Morgan fingerprint density at radius 3 is 2.28 bits per heavy atom. The Morgan fingerprint density at radius 1 is 1.02 bits per heavy atom. The van der Waals surface area contributed by atoms with Gasteiger partial charge in [-0.1, -0.05) is 31.5 Å². The van der Waals surface area contributed by atoms with E-state index in [-0.39, 0.29) is 17.4 Å². The molecule has 262 valence electrons. The van der Waals surface area contributed by atoms with Crippen LogP contribution in [0.25, 0.3) is 11.0 Å². The number of nitrogens with one attached hydrogen (secondary N) is 2. The first-order chi connectivity index (χ1) is 24.0. The number of sulfonamides is 1. The summed E-state index contributed by atoms with van der Waals surface area (Å²) in [4.78, 5) is 17.7. The first kappa shape index (κ1) is 36.0. The topological polar surface area (TPSA) is 182 Å². The van der Waals surface area contributed by atoms with Crippen LogP contribution in [-0.4, -0.2) is 39.4 Å². The van der Waals surface area contributed by atoms with E-state index in [2.05, 4.69) is 22.0 Å². The second-order valence-corrected chi connectivity index (χ2v) is 13.8. The maximum atomic E-state index is 13.8. The van der Waals surface area contributed by atoms with Crippen LogP contribution in [0, 0.1) is 5.92 Å². The average Bonchev–Trinajstić information content (AvgIpc) is 3.54. The van der Waals surface area contributed by atoms with Crippen molar-refractivity contribution in [2.75, 3.05) is 25.2 Å². The third-order valence-corrected chi connectivity index (χ3v) is 10.2. The molecule has 1 fully saturated rings. The molecular formula is C38H43N5O6S. The molecule has 1 aromatic heterocycles. The van der Waals surface area contributed by atoms with Gasteiger partial charge in [0, 0.05) is 29.4 Å². The number of methoxy groups -OCH3 is 1. The Labute approximate surface area is 292 Å². The van der Waals surface area contributed by atoms with E-state index in [1.54, 1.807) is 50.6 Å². The van der Waals surface area contributed by atoms with Gasteiger partial charge >= 0.3 is 0 Å². The molecule has 0 unspecified atom stereocenters. The standard InChI is InChI=1S/C31H35N5O5S.C7H8O/c1-3-18-12-20(13-18)27-16-21(14-22-15-25(17-37)41-29(22)27)28(35-24-8-4-19(5-9-24)30(33)34-2)31(38)36-42(39,40)26-10-6-23(32)7-11-26;1-8-7-5-3-2-4-6-7/h4-11,14-16,18,20,28,35,37H,3,12-13,17,32H2,1-2H3,(H2,33,34)(H,36,38);2-6H,1H3/t18?,20?,28-;/m1./s1. The van der Waals surface area contributed by atoms with Crippen molar-refractivity contribution in [3.8, 4) is 5.75 Å². The number of amides is 1. The molecule has 1 saturated carbocycles. The van der Waals surface area contributed by atoms with Gasteiger partial charge in [0.05, 0.1) is 12.0 Å². The summed E-state index contributed by atoms with van der Waals surface area (Å²) >= 11 is 0. The molecule has 11 nitrogen and oxygen atoms in total. The van der Waals surface area contributed by atoms with Crippen molar-refractivity contribution in [3.05, 3.63) is 120 Å². The van der Waals surface area contributed by atoms with Crippen LogP contribution in [-0.2, 0) is 21.4 Å². The van der Waals surface area contributed by atoms with Crippen LogP contribution in [0.3, 0.4) is 0 Å². The van der Waals surface area contributed by atoms with Crippen molar-refractivity contribution in [3.63, 3.8) is 0 Å². The van der Waals surface area contributed by atoms with Crippen molar-refractivity contribution in [2.24, 2.45) is 16.6 Å². The number of nitrogens with zero attached hydrogens (tertiary/aromatic N) is 1. The molecular weight excluding hydrogens is 655 g/mol. The lowest BCUT2D eigenvalue weighted by Gasteiger charge is -2.35. The van der Waals surface area contributed by atoms with Crippen LogP contribution in [0.15, 0.2) is 111 Å². The minimum absolute atomic E-state index is 0.0823. The van der Waals surface area contributed by atoms with Crippen molar-refractivity contribution < 1.29 is 27.5 Å². The number of benzene rings is 4. The van der Waals surface area contributed by atoms with Crippen LogP contribution < -0.4 is 26.2 Å². The largest absolute Gasteiger partial charge is 0.497 e. The van der Waals surface area contributed by atoms with Gasteiger partial charge < -0.3 is 31.0 Å². The number of aliphatic hydroxyl groups excluding tert-OH is 1. The van der Waals surface area contributed by atoms with Crippen LogP contribution >= 0.6 is 0 Å². The fourth-order valence-corrected chi connectivity index (χ4v) is 6.91. The number of hydrogen-bond acceptors (Lipinski definition) is 9. The maximum Gasteiger partial charge on any atom is 0.264 e. The number of anilines is 2. The summed E-state index contributed by atoms with van der Waals surface area (Å²) in [5.41, 5.74) is 15.5. The van der Waals surface area contributed by atoms with E-state index in [9.17, 15) is 18.3 Å². The number of aliphatic hydroxyl groups is 1. The molecule has 1 heterocycles. The van der Waals surface area contributed by atoms with E-state index in [0.717, 1.165) is 36.0 Å². The number of amidine groups is 1. The molecule has 4 aromatic carbocycles. The van der Waals surface area contributed by atoms with Crippen LogP contribution in [0.2, 0.25) is 0 Å². The maximum absolute atomic E-state index is 13.8. The molecule has 0 spiro atoms. The van der Waals surface area contributed by atoms with Crippen LogP contribution in [0.1, 0.15) is 60.6 Å². The zero-order chi connectivity index (χ0) is 35.8. The quantitative estimate of drug-likeness (QED) is 0.0619. The molecule has 0 aliphatic heterocycles. The van der Waals surface area contributed by atoms with E-state index < -0.39 is 22.0 Å². The molecule has 0 saturated heterocycles. The first-order valence-electron chi connectivity index (χ1n) is 16.3. The Morgan fingerprint density at radius 2 is 1.70 bits per heavy atom. The lowest BCUT2D eigenvalue weighted by atomic mass is 9.70. The SMILES string of the molecule is CCC1CC(c2cc([C@@H](Nc3ccc(C(N)=NC)cc3)C(=O)NS(=O)(=O)c3ccc(N)cc3)cc3cc(CO)oc23)C1.COc1ccccc1. The molecule has 1 aliphatic rings. The van der Waals surface area contributed by atoms with E-state index in [0.29, 0.717) is 45.6 Å². The highest BCUT2D eigenvalue weighted by Crippen LogP contribution is 2.46.